The summed E-state index contributed by atoms with van der Waals surface area (Å²) in [6.45, 7) is 4.07. The molecule has 0 fully saturated rings. The number of carbonyl (C=O) groups is 2. The molecule has 0 bridgehead atoms. The molecule has 0 N–H and O–H groups in total. The van der Waals surface area contributed by atoms with Crippen molar-refractivity contribution in [2.45, 2.75) is 30.0 Å². The second-order valence-corrected chi connectivity index (χ2v) is 7.16. The maximum Gasteiger partial charge on any atom is 0.332 e. The van der Waals surface area contributed by atoms with Crippen LogP contribution in [0.15, 0.2) is 59.5 Å². The molecule has 4 nitrogen and oxygen atoms in total. The lowest BCUT2D eigenvalue weighted by Gasteiger charge is -2.38. The summed E-state index contributed by atoms with van der Waals surface area (Å²) in [4.78, 5) is 28.2. The molecule has 2 aromatic rings. The molecule has 0 spiro atoms. The van der Waals surface area contributed by atoms with Crippen LogP contribution >= 0.6 is 11.8 Å². The Kier molecular flexibility index (Phi) is 4.62. The van der Waals surface area contributed by atoms with Crippen molar-refractivity contribution in [3.8, 4) is 0 Å². The first-order valence-corrected chi connectivity index (χ1v) is 8.69. The molecule has 0 aliphatic carbocycles. The van der Waals surface area contributed by atoms with Gasteiger partial charge in [-0.3, -0.25) is 4.79 Å². The van der Waals surface area contributed by atoms with Gasteiger partial charge in [0.2, 0.25) is 0 Å². The second kappa shape index (κ2) is 6.69. The fourth-order valence-corrected chi connectivity index (χ4v) is 3.93. The number of amides is 1. The Morgan fingerprint density at radius 2 is 1.79 bits per heavy atom. The first kappa shape index (κ1) is 16.6. The van der Waals surface area contributed by atoms with E-state index in [0.717, 1.165) is 16.1 Å². The van der Waals surface area contributed by atoms with Crippen molar-refractivity contribution < 1.29 is 14.3 Å². The molecule has 2 aromatic carbocycles. The number of anilines is 1. The lowest BCUT2D eigenvalue weighted by Crippen LogP contribution is -2.53. The summed E-state index contributed by atoms with van der Waals surface area (Å²) in [5.41, 5.74) is 1.84. The average molecular weight is 341 g/mol. The van der Waals surface area contributed by atoms with Crippen LogP contribution in [0.25, 0.3) is 0 Å². The number of carbonyl (C=O) groups excluding carboxylic acids is 2. The van der Waals surface area contributed by atoms with Gasteiger partial charge in [0.05, 0.1) is 18.8 Å². The van der Waals surface area contributed by atoms with Crippen LogP contribution in [0.4, 0.5) is 5.69 Å². The van der Waals surface area contributed by atoms with Gasteiger partial charge in [-0.25, -0.2) is 4.79 Å². The molecule has 5 heteroatoms. The van der Waals surface area contributed by atoms with Crippen molar-refractivity contribution in [1.82, 2.24) is 0 Å². The van der Waals surface area contributed by atoms with Gasteiger partial charge in [-0.2, -0.15) is 0 Å². The topological polar surface area (TPSA) is 46.6 Å². The van der Waals surface area contributed by atoms with E-state index in [1.807, 2.05) is 54.6 Å². The fourth-order valence-electron chi connectivity index (χ4n) is 2.72. The number of ether oxygens (including phenoxy) is 1. The molecule has 1 heterocycles. The highest BCUT2D eigenvalue weighted by Gasteiger charge is 2.50. The summed E-state index contributed by atoms with van der Waals surface area (Å²) in [5.74, 6) is -0.735. The lowest BCUT2D eigenvalue weighted by atomic mass is 10.1. The predicted octanol–water partition coefficient (Wildman–Crippen LogP) is 3.65. The molecule has 3 rings (SSSR count). The molecule has 1 unspecified atom stereocenters. The maximum absolute atomic E-state index is 13.1. The molecule has 24 heavy (non-hydrogen) atoms. The van der Waals surface area contributed by atoms with Gasteiger partial charge >= 0.3 is 5.97 Å². The third-order valence-electron chi connectivity index (χ3n) is 3.97. The first-order valence-electron chi connectivity index (χ1n) is 7.87. The van der Waals surface area contributed by atoms with Crippen LogP contribution in [0.1, 0.15) is 19.4 Å². The smallest absolute Gasteiger partial charge is 0.332 e. The molecule has 1 atom stereocenters. The maximum atomic E-state index is 13.1. The number of hydrogen-bond donors (Lipinski definition) is 0. The monoisotopic (exact) mass is 341 g/mol. The number of para-hydroxylation sites is 1. The zero-order valence-corrected chi connectivity index (χ0v) is 14.5. The summed E-state index contributed by atoms with van der Waals surface area (Å²) in [6, 6.07) is 17.4. The lowest BCUT2D eigenvalue weighted by molar-refractivity contribution is -0.148. The zero-order chi connectivity index (χ0) is 17.2. The molecule has 124 valence electrons. The van der Waals surface area contributed by atoms with Crippen molar-refractivity contribution in [1.29, 1.82) is 0 Å². The molecular weight excluding hydrogens is 322 g/mol. The summed E-state index contributed by atoms with van der Waals surface area (Å²) < 4.78 is 3.90. The number of nitrogens with zero attached hydrogens (tertiary/aromatic N) is 1. The Balaban J connectivity index is 2.02. The predicted molar refractivity (Wildman–Crippen MR) is 95.0 cm³/mol. The van der Waals surface area contributed by atoms with E-state index in [1.165, 1.54) is 11.8 Å². The minimum absolute atomic E-state index is 0.242. The van der Waals surface area contributed by atoms with Crippen LogP contribution in [-0.2, 0) is 20.9 Å². The Morgan fingerprint density at radius 1 is 1.12 bits per heavy atom. The molecule has 0 saturated heterocycles. The normalized spacial score (nSPS) is 19.8. The van der Waals surface area contributed by atoms with Gasteiger partial charge in [0.1, 0.15) is 0 Å². The minimum atomic E-state index is -1.26. The summed E-state index contributed by atoms with van der Waals surface area (Å²) in [5, 5.41) is 0. The molecule has 0 aromatic heterocycles. The van der Waals surface area contributed by atoms with Gasteiger partial charge in [0.25, 0.3) is 5.91 Å². The number of rotatable bonds is 4. The van der Waals surface area contributed by atoms with E-state index in [0.29, 0.717) is 6.54 Å². The standard InChI is InChI=1S/C19H19NO3S/c1-3-23-18(22)19(2)17(21)20(13-14-9-5-4-6-10-14)15-11-7-8-12-16(15)24-19/h4-12H,3,13H2,1-2H3. The largest absolute Gasteiger partial charge is 0.465 e. The average Bonchev–Trinajstić information content (AvgIpc) is 2.60. The van der Waals surface area contributed by atoms with E-state index < -0.39 is 10.7 Å². The number of fused-ring (bicyclic) bond motifs is 1. The van der Waals surface area contributed by atoms with Gasteiger partial charge in [-0.15, -0.1) is 0 Å². The van der Waals surface area contributed by atoms with Crippen LogP contribution in [0, 0.1) is 0 Å². The van der Waals surface area contributed by atoms with Crippen LogP contribution in [0.2, 0.25) is 0 Å². The second-order valence-electron chi connectivity index (χ2n) is 5.70. The molecule has 1 aliphatic heterocycles. The minimum Gasteiger partial charge on any atom is -0.465 e. The SMILES string of the molecule is CCOC(=O)C1(C)Sc2ccccc2N(Cc2ccccc2)C1=O. The van der Waals surface area contributed by atoms with E-state index in [4.69, 9.17) is 4.74 Å². The van der Waals surface area contributed by atoms with Gasteiger partial charge in [0.15, 0.2) is 4.75 Å². The molecule has 0 saturated carbocycles. The summed E-state index contributed by atoms with van der Waals surface area (Å²) in [7, 11) is 0. The van der Waals surface area contributed by atoms with Crippen LogP contribution in [0.3, 0.4) is 0 Å². The van der Waals surface area contributed by atoms with Crippen LogP contribution < -0.4 is 4.90 Å². The quantitative estimate of drug-likeness (QED) is 0.629. The van der Waals surface area contributed by atoms with Crippen molar-refractivity contribution in [3.05, 3.63) is 60.2 Å². The molecule has 0 radical (unpaired) electrons. The van der Waals surface area contributed by atoms with Crippen molar-refractivity contribution in [2.75, 3.05) is 11.5 Å². The van der Waals surface area contributed by atoms with E-state index in [9.17, 15) is 9.59 Å². The first-order chi connectivity index (χ1) is 11.6. The number of thioether (sulfide) groups is 1. The van der Waals surface area contributed by atoms with Crippen molar-refractivity contribution in [3.63, 3.8) is 0 Å². The van der Waals surface area contributed by atoms with Crippen LogP contribution in [0.5, 0.6) is 0 Å². The van der Waals surface area contributed by atoms with E-state index in [2.05, 4.69) is 0 Å². The third-order valence-corrected chi connectivity index (χ3v) is 5.29. The van der Waals surface area contributed by atoms with Gasteiger partial charge < -0.3 is 9.64 Å². The fraction of sp³-hybridized carbons (Fsp3) is 0.263. The van der Waals surface area contributed by atoms with Gasteiger partial charge in [0, 0.05) is 4.90 Å². The molecule has 1 aliphatic rings. The highest BCUT2D eigenvalue weighted by atomic mass is 32.2. The molecular formula is C19H19NO3S. The third kappa shape index (κ3) is 2.91. The highest BCUT2D eigenvalue weighted by Crippen LogP contribution is 2.46. The van der Waals surface area contributed by atoms with Gasteiger partial charge in [-0.1, -0.05) is 54.2 Å². The summed E-state index contributed by atoms with van der Waals surface area (Å²) in [6.07, 6.45) is 0. The highest BCUT2D eigenvalue weighted by molar-refractivity contribution is 8.02. The number of esters is 1. The van der Waals surface area contributed by atoms with Gasteiger partial charge in [-0.05, 0) is 31.5 Å². The Morgan fingerprint density at radius 3 is 2.50 bits per heavy atom. The van der Waals surface area contributed by atoms with Crippen molar-refractivity contribution in [2.24, 2.45) is 0 Å². The Labute approximate surface area is 145 Å². The van der Waals surface area contributed by atoms with Crippen molar-refractivity contribution >= 4 is 29.3 Å². The summed E-state index contributed by atoms with van der Waals surface area (Å²) >= 11 is 1.26. The van der Waals surface area contributed by atoms with E-state index in [1.54, 1.807) is 18.7 Å². The Hall–Kier alpha value is -2.27. The number of hydrogen-bond acceptors (Lipinski definition) is 4. The zero-order valence-electron chi connectivity index (χ0n) is 13.7. The van der Waals surface area contributed by atoms with E-state index >= 15 is 0 Å². The van der Waals surface area contributed by atoms with E-state index in [-0.39, 0.29) is 12.5 Å². The molecule has 1 amide bonds. The van der Waals surface area contributed by atoms with Crippen LogP contribution in [-0.4, -0.2) is 23.2 Å². The number of benzene rings is 2. The Bertz CT molecular complexity index is 762.